The Hall–Kier alpha value is -2.84. The lowest BCUT2D eigenvalue weighted by Crippen LogP contribution is -2.12. The number of rotatable bonds is 4. The van der Waals surface area contributed by atoms with Gasteiger partial charge in [0.05, 0.1) is 12.3 Å². The van der Waals surface area contributed by atoms with Gasteiger partial charge in [0.1, 0.15) is 9.71 Å². The van der Waals surface area contributed by atoms with E-state index >= 15 is 0 Å². The Bertz CT molecular complexity index is 1020. The number of carbonyl (C=O) groups is 1. The molecule has 3 heterocycles. The number of thiophene rings is 1. The van der Waals surface area contributed by atoms with Crippen LogP contribution >= 0.6 is 11.3 Å². The van der Waals surface area contributed by atoms with Crippen LogP contribution in [0.3, 0.4) is 0 Å². The highest BCUT2D eigenvalue weighted by molar-refractivity contribution is 7.21. The number of nitrogens with one attached hydrogen (secondary N) is 1. The second-order valence-electron chi connectivity index (χ2n) is 5.90. The van der Waals surface area contributed by atoms with Crippen LogP contribution in [0, 0.1) is 6.92 Å². The molecule has 0 atom stereocenters. The van der Waals surface area contributed by atoms with E-state index in [1.807, 2.05) is 13.0 Å². The molecule has 0 bridgehead atoms. The van der Waals surface area contributed by atoms with E-state index in [1.165, 1.54) is 11.3 Å². The number of amides is 1. The van der Waals surface area contributed by atoms with E-state index in [0.717, 1.165) is 21.5 Å². The number of fused-ring (bicyclic) bond motifs is 2. The first-order chi connectivity index (χ1) is 12.6. The minimum atomic E-state index is -0.287. The largest absolute Gasteiger partial charge is 0.454 e. The summed E-state index contributed by atoms with van der Waals surface area (Å²) in [5.74, 6) is 0.977. The summed E-state index contributed by atoms with van der Waals surface area (Å²) in [7, 11) is 1.62. The molecule has 0 unspecified atom stereocenters. The van der Waals surface area contributed by atoms with Crippen molar-refractivity contribution >= 4 is 38.8 Å². The van der Waals surface area contributed by atoms with Crippen molar-refractivity contribution in [2.75, 3.05) is 25.0 Å². The summed E-state index contributed by atoms with van der Waals surface area (Å²) in [4.78, 5) is 18.4. The van der Waals surface area contributed by atoms with Crippen molar-refractivity contribution in [3.05, 3.63) is 40.4 Å². The third kappa shape index (κ3) is 2.83. The van der Waals surface area contributed by atoms with Crippen molar-refractivity contribution in [2.45, 2.75) is 13.5 Å². The summed E-state index contributed by atoms with van der Waals surface area (Å²) >= 11 is 1.27. The summed E-state index contributed by atoms with van der Waals surface area (Å²) in [6.07, 6.45) is 0. The molecular formula is C18H17N3O4S. The van der Waals surface area contributed by atoms with Gasteiger partial charge in [0.2, 0.25) is 6.79 Å². The van der Waals surface area contributed by atoms with Crippen molar-refractivity contribution in [1.82, 2.24) is 4.98 Å². The molecular weight excluding hydrogens is 354 g/mol. The van der Waals surface area contributed by atoms with Gasteiger partial charge in [-0.1, -0.05) is 0 Å². The number of ether oxygens (including phenoxy) is 3. The second kappa shape index (κ2) is 6.47. The maximum atomic E-state index is 12.7. The molecule has 0 spiro atoms. The molecule has 4 rings (SSSR count). The standard InChI is InChI=1S/C18H17N3O4S/c1-9-5-10(7-23-2)14-15(19)16(26-18(14)20-9)17(22)21-11-3-4-12-13(6-11)25-8-24-12/h3-6H,7-8,19H2,1-2H3,(H,21,22). The Morgan fingerprint density at radius 2 is 2.15 bits per heavy atom. The molecule has 0 radical (unpaired) electrons. The van der Waals surface area contributed by atoms with Gasteiger partial charge in [-0.05, 0) is 30.7 Å². The van der Waals surface area contributed by atoms with Gasteiger partial charge in [0.15, 0.2) is 11.5 Å². The molecule has 0 saturated carbocycles. The smallest absolute Gasteiger partial charge is 0.267 e. The summed E-state index contributed by atoms with van der Waals surface area (Å²) in [6, 6.07) is 7.17. The van der Waals surface area contributed by atoms with Gasteiger partial charge in [-0.25, -0.2) is 4.98 Å². The van der Waals surface area contributed by atoms with Gasteiger partial charge in [0, 0.05) is 29.9 Å². The van der Waals surface area contributed by atoms with Crippen LogP contribution in [0.2, 0.25) is 0 Å². The minimum absolute atomic E-state index is 0.184. The first-order valence-corrected chi connectivity index (χ1v) is 8.77. The molecule has 3 aromatic rings. The number of aryl methyl sites for hydroxylation is 1. The number of pyridine rings is 1. The average molecular weight is 371 g/mol. The summed E-state index contributed by atoms with van der Waals surface area (Å²) in [6.45, 7) is 2.49. The Kier molecular flexibility index (Phi) is 4.14. The van der Waals surface area contributed by atoms with Crippen molar-refractivity contribution in [2.24, 2.45) is 0 Å². The summed E-state index contributed by atoms with van der Waals surface area (Å²) in [5, 5.41) is 3.63. The highest BCUT2D eigenvalue weighted by Gasteiger charge is 2.21. The first-order valence-electron chi connectivity index (χ1n) is 7.95. The highest BCUT2D eigenvalue weighted by Crippen LogP contribution is 2.37. The normalized spacial score (nSPS) is 12.5. The van der Waals surface area contributed by atoms with Crippen LogP contribution in [0.4, 0.5) is 11.4 Å². The van der Waals surface area contributed by atoms with Crippen molar-refractivity contribution in [3.8, 4) is 11.5 Å². The number of anilines is 2. The molecule has 7 nitrogen and oxygen atoms in total. The minimum Gasteiger partial charge on any atom is -0.454 e. The molecule has 1 aliphatic rings. The zero-order valence-corrected chi connectivity index (χ0v) is 15.1. The third-order valence-electron chi connectivity index (χ3n) is 4.05. The molecule has 26 heavy (non-hydrogen) atoms. The lowest BCUT2D eigenvalue weighted by Gasteiger charge is -2.06. The topological polar surface area (TPSA) is 95.7 Å². The third-order valence-corrected chi connectivity index (χ3v) is 5.14. The van der Waals surface area contributed by atoms with Crippen LogP contribution in [-0.2, 0) is 11.3 Å². The van der Waals surface area contributed by atoms with E-state index in [1.54, 1.807) is 25.3 Å². The summed E-state index contributed by atoms with van der Waals surface area (Å²) in [5.41, 5.74) is 9.08. The van der Waals surface area contributed by atoms with E-state index in [-0.39, 0.29) is 12.7 Å². The first kappa shape index (κ1) is 16.6. The van der Waals surface area contributed by atoms with Crippen molar-refractivity contribution in [1.29, 1.82) is 0 Å². The summed E-state index contributed by atoms with van der Waals surface area (Å²) < 4.78 is 15.9. The van der Waals surface area contributed by atoms with Crippen LogP contribution in [0.5, 0.6) is 11.5 Å². The maximum Gasteiger partial charge on any atom is 0.267 e. The van der Waals surface area contributed by atoms with E-state index in [2.05, 4.69) is 10.3 Å². The lowest BCUT2D eigenvalue weighted by atomic mass is 10.1. The van der Waals surface area contributed by atoms with Crippen LogP contribution in [0.25, 0.3) is 10.2 Å². The van der Waals surface area contributed by atoms with E-state index in [9.17, 15) is 4.79 Å². The van der Waals surface area contributed by atoms with Gasteiger partial charge in [-0.2, -0.15) is 0 Å². The number of aromatic nitrogens is 1. The number of nitrogen functional groups attached to an aromatic ring is 1. The molecule has 2 aromatic heterocycles. The monoisotopic (exact) mass is 371 g/mol. The molecule has 0 aliphatic carbocycles. The number of hydrogen-bond acceptors (Lipinski definition) is 7. The fourth-order valence-electron chi connectivity index (χ4n) is 2.94. The van der Waals surface area contributed by atoms with Gasteiger partial charge in [-0.3, -0.25) is 4.79 Å². The number of nitrogens with zero attached hydrogens (tertiary/aromatic N) is 1. The van der Waals surface area contributed by atoms with Crippen molar-refractivity contribution in [3.63, 3.8) is 0 Å². The van der Waals surface area contributed by atoms with E-state index in [0.29, 0.717) is 34.4 Å². The van der Waals surface area contributed by atoms with Gasteiger partial charge < -0.3 is 25.3 Å². The predicted molar refractivity (Wildman–Crippen MR) is 100 cm³/mol. The number of hydrogen-bond donors (Lipinski definition) is 2. The Labute approximate surface area is 153 Å². The molecule has 134 valence electrons. The zero-order valence-electron chi connectivity index (χ0n) is 14.3. The van der Waals surface area contributed by atoms with Gasteiger partial charge in [0.25, 0.3) is 5.91 Å². The number of benzene rings is 1. The maximum absolute atomic E-state index is 12.7. The fourth-order valence-corrected chi connectivity index (χ4v) is 4.02. The van der Waals surface area contributed by atoms with Gasteiger partial charge >= 0.3 is 0 Å². The molecule has 1 amide bonds. The molecule has 3 N–H and O–H groups in total. The van der Waals surface area contributed by atoms with Crippen LogP contribution in [0.1, 0.15) is 20.9 Å². The van der Waals surface area contributed by atoms with Gasteiger partial charge in [-0.15, -0.1) is 11.3 Å². The average Bonchev–Trinajstić information content (AvgIpc) is 3.19. The number of methoxy groups -OCH3 is 1. The molecule has 8 heteroatoms. The molecule has 0 fully saturated rings. The van der Waals surface area contributed by atoms with E-state index in [4.69, 9.17) is 19.9 Å². The molecule has 0 saturated heterocycles. The van der Waals surface area contributed by atoms with Crippen molar-refractivity contribution < 1.29 is 19.0 Å². The lowest BCUT2D eigenvalue weighted by molar-refractivity contribution is 0.103. The SMILES string of the molecule is COCc1cc(C)nc2sc(C(=O)Nc3ccc4c(c3)OCO4)c(N)c12. The number of nitrogens with two attached hydrogens (primary N) is 1. The molecule has 1 aliphatic heterocycles. The fraction of sp³-hybridized carbons (Fsp3) is 0.222. The second-order valence-corrected chi connectivity index (χ2v) is 6.90. The Morgan fingerprint density at radius 3 is 2.96 bits per heavy atom. The van der Waals surface area contributed by atoms with Crippen LogP contribution in [-0.4, -0.2) is 24.8 Å². The zero-order chi connectivity index (χ0) is 18.3. The van der Waals surface area contributed by atoms with Crippen LogP contribution in [0.15, 0.2) is 24.3 Å². The highest BCUT2D eigenvalue weighted by atomic mass is 32.1. The molecule has 1 aromatic carbocycles. The Morgan fingerprint density at radius 1 is 1.35 bits per heavy atom. The predicted octanol–water partition coefficient (Wildman–Crippen LogP) is 3.31. The van der Waals surface area contributed by atoms with Crippen LogP contribution < -0.4 is 20.5 Å². The number of carbonyl (C=O) groups excluding carboxylic acids is 1. The Balaban J connectivity index is 1.68. The quantitative estimate of drug-likeness (QED) is 0.730. The van der Waals surface area contributed by atoms with E-state index < -0.39 is 0 Å².